The van der Waals surface area contributed by atoms with Crippen molar-refractivity contribution in [3.63, 3.8) is 0 Å². The van der Waals surface area contributed by atoms with E-state index >= 15 is 0 Å². The summed E-state index contributed by atoms with van der Waals surface area (Å²) in [6.45, 7) is 0.322. The smallest absolute Gasteiger partial charge is 0.217 e. The van der Waals surface area contributed by atoms with Gasteiger partial charge in [-0.25, -0.2) is 16.8 Å². The van der Waals surface area contributed by atoms with Crippen molar-refractivity contribution < 1.29 is 21.6 Å². The van der Waals surface area contributed by atoms with Crippen LogP contribution in [0.15, 0.2) is 0 Å². The molecule has 0 aromatic heterocycles. The summed E-state index contributed by atoms with van der Waals surface area (Å²) in [6.07, 6.45) is 1.29. The van der Waals surface area contributed by atoms with Gasteiger partial charge in [-0.3, -0.25) is 4.79 Å². The Bertz CT molecular complexity index is 523. The first-order valence-electron chi connectivity index (χ1n) is 6.02. The van der Waals surface area contributed by atoms with E-state index in [0.29, 0.717) is 19.4 Å². The number of carbonyl (C=O) groups is 1. The lowest BCUT2D eigenvalue weighted by Crippen LogP contribution is -2.46. The van der Waals surface area contributed by atoms with Crippen molar-refractivity contribution in [1.29, 1.82) is 0 Å². The number of sulfonamides is 1. The highest BCUT2D eigenvalue weighted by Gasteiger charge is 2.38. The van der Waals surface area contributed by atoms with Crippen LogP contribution in [-0.2, 0) is 24.7 Å². The summed E-state index contributed by atoms with van der Waals surface area (Å²) in [4.78, 5) is 11.3. The van der Waals surface area contributed by atoms with E-state index in [1.54, 1.807) is 0 Å². The van der Waals surface area contributed by atoms with Crippen molar-refractivity contribution in [3.8, 4) is 0 Å². The highest BCUT2D eigenvalue weighted by molar-refractivity contribution is 7.92. The molecule has 18 heavy (non-hydrogen) atoms. The minimum Gasteiger partial charge on any atom is -0.298 e. The average Bonchev–Trinajstić information content (AvgIpc) is 2.28. The maximum Gasteiger partial charge on any atom is 0.217 e. The van der Waals surface area contributed by atoms with Gasteiger partial charge in [0, 0.05) is 13.0 Å². The predicted octanol–water partition coefficient (Wildman–Crippen LogP) is -0.442. The molecule has 6 nitrogen and oxygen atoms in total. The van der Waals surface area contributed by atoms with E-state index in [4.69, 9.17) is 0 Å². The van der Waals surface area contributed by atoms with Gasteiger partial charge < -0.3 is 0 Å². The lowest BCUT2D eigenvalue weighted by molar-refractivity contribution is -0.120. The van der Waals surface area contributed by atoms with Gasteiger partial charge in [0.1, 0.15) is 15.6 Å². The number of hydrogen-bond donors (Lipinski definition) is 0. The summed E-state index contributed by atoms with van der Waals surface area (Å²) in [5.41, 5.74) is 0. The van der Waals surface area contributed by atoms with Crippen LogP contribution in [0.3, 0.4) is 0 Å². The summed E-state index contributed by atoms with van der Waals surface area (Å²) in [5.74, 6) is -0.203. The molecule has 2 aliphatic rings. The van der Waals surface area contributed by atoms with E-state index in [0.717, 1.165) is 0 Å². The highest BCUT2D eigenvalue weighted by Crippen LogP contribution is 2.24. The molecule has 0 aromatic carbocycles. The van der Waals surface area contributed by atoms with Crippen LogP contribution < -0.4 is 0 Å². The molecule has 0 aromatic rings. The molecule has 104 valence electrons. The third-order valence-corrected chi connectivity index (χ3v) is 7.56. The molecule has 0 amide bonds. The molecule has 0 bridgehead atoms. The van der Waals surface area contributed by atoms with Crippen molar-refractivity contribution in [2.45, 2.75) is 30.9 Å². The summed E-state index contributed by atoms with van der Waals surface area (Å²) in [5, 5.41) is -0.646. The van der Waals surface area contributed by atoms with Gasteiger partial charge in [0.25, 0.3) is 0 Å². The Morgan fingerprint density at radius 2 is 1.78 bits per heavy atom. The number of piperidine rings is 1. The first-order chi connectivity index (χ1) is 8.31. The molecule has 2 aliphatic heterocycles. The molecule has 0 N–H and O–H groups in total. The number of hydrogen-bond acceptors (Lipinski definition) is 5. The molecule has 2 heterocycles. The van der Waals surface area contributed by atoms with E-state index < -0.39 is 25.1 Å². The zero-order chi connectivity index (χ0) is 13.4. The molecule has 0 saturated carbocycles. The second kappa shape index (κ2) is 4.90. The van der Waals surface area contributed by atoms with Gasteiger partial charge in [0.15, 0.2) is 0 Å². The Morgan fingerprint density at radius 3 is 2.33 bits per heavy atom. The molecule has 0 radical (unpaired) electrons. The van der Waals surface area contributed by atoms with E-state index in [1.165, 1.54) is 4.31 Å². The molecule has 8 heteroatoms. The second-order valence-corrected chi connectivity index (χ2v) is 9.39. The molecule has 0 aliphatic carbocycles. The fraction of sp³-hybridized carbons (Fsp3) is 0.900. The second-order valence-electron chi connectivity index (χ2n) is 4.87. The van der Waals surface area contributed by atoms with Gasteiger partial charge in [0.05, 0.1) is 23.3 Å². The van der Waals surface area contributed by atoms with Crippen molar-refractivity contribution in [3.05, 3.63) is 0 Å². The van der Waals surface area contributed by atoms with Crippen LogP contribution in [0.5, 0.6) is 0 Å². The van der Waals surface area contributed by atoms with Crippen LogP contribution in [-0.4, -0.2) is 56.8 Å². The minimum atomic E-state index is -3.52. The van der Waals surface area contributed by atoms with Crippen LogP contribution in [0.2, 0.25) is 0 Å². The molecule has 0 unspecified atom stereocenters. The lowest BCUT2D eigenvalue weighted by Gasteiger charge is -2.31. The molecule has 2 fully saturated rings. The van der Waals surface area contributed by atoms with E-state index in [1.807, 2.05) is 0 Å². The maximum absolute atomic E-state index is 12.3. The fourth-order valence-electron chi connectivity index (χ4n) is 2.40. The fourth-order valence-corrected chi connectivity index (χ4v) is 6.15. The zero-order valence-corrected chi connectivity index (χ0v) is 11.7. The van der Waals surface area contributed by atoms with Crippen molar-refractivity contribution in [2.75, 3.05) is 24.6 Å². The normalized spacial score (nSPS) is 27.2. The van der Waals surface area contributed by atoms with E-state index in [9.17, 15) is 21.6 Å². The Kier molecular flexibility index (Phi) is 3.80. The van der Waals surface area contributed by atoms with Crippen LogP contribution >= 0.6 is 0 Å². The topological polar surface area (TPSA) is 88.6 Å². The van der Waals surface area contributed by atoms with Crippen LogP contribution in [0.4, 0.5) is 0 Å². The Balaban J connectivity index is 2.09. The monoisotopic (exact) mass is 295 g/mol. The van der Waals surface area contributed by atoms with Crippen molar-refractivity contribution >= 4 is 25.6 Å². The van der Waals surface area contributed by atoms with Gasteiger partial charge in [-0.2, -0.15) is 4.31 Å². The van der Waals surface area contributed by atoms with E-state index in [-0.39, 0.29) is 36.7 Å². The average molecular weight is 295 g/mol. The Morgan fingerprint density at radius 1 is 1.17 bits per heavy atom. The van der Waals surface area contributed by atoms with Gasteiger partial charge in [-0.15, -0.1) is 0 Å². The molecule has 2 rings (SSSR count). The molecule has 2 saturated heterocycles. The van der Waals surface area contributed by atoms with Gasteiger partial charge in [0.2, 0.25) is 10.0 Å². The highest BCUT2D eigenvalue weighted by atomic mass is 32.2. The summed E-state index contributed by atoms with van der Waals surface area (Å²) in [6, 6.07) is 0. The van der Waals surface area contributed by atoms with E-state index in [2.05, 4.69) is 0 Å². The molecule has 0 spiro atoms. The minimum absolute atomic E-state index is 0.0500. The number of ketones is 1. The SMILES string of the molecule is O=C1CCCN(S(=O)(=O)C2CCS(=O)(=O)CC2)C1. The van der Waals surface area contributed by atoms with Crippen molar-refractivity contribution in [2.24, 2.45) is 0 Å². The number of rotatable bonds is 2. The number of carbonyl (C=O) groups excluding carboxylic acids is 1. The first-order valence-corrected chi connectivity index (χ1v) is 9.35. The quantitative estimate of drug-likeness (QED) is 0.689. The summed E-state index contributed by atoms with van der Waals surface area (Å²) < 4.78 is 48.4. The first kappa shape index (κ1) is 14.0. The van der Waals surface area contributed by atoms with Gasteiger partial charge in [-0.05, 0) is 19.3 Å². The lowest BCUT2D eigenvalue weighted by atomic mass is 10.1. The number of nitrogens with zero attached hydrogens (tertiary/aromatic N) is 1. The zero-order valence-electron chi connectivity index (χ0n) is 10.0. The Hall–Kier alpha value is -0.470. The number of Topliss-reactive ketones (excluding diaryl/α,β-unsaturated/α-hetero) is 1. The van der Waals surface area contributed by atoms with Crippen LogP contribution in [0.25, 0.3) is 0 Å². The van der Waals surface area contributed by atoms with Gasteiger partial charge >= 0.3 is 0 Å². The Labute approximate surface area is 107 Å². The standard InChI is InChI=1S/C10H17NO5S2/c12-9-2-1-5-11(8-9)18(15,16)10-3-6-17(13,14)7-4-10/h10H,1-8H2. The molecule has 0 atom stereocenters. The summed E-state index contributed by atoms with van der Waals surface area (Å²) >= 11 is 0. The molecular formula is C10H17NO5S2. The maximum atomic E-state index is 12.3. The van der Waals surface area contributed by atoms with Gasteiger partial charge in [-0.1, -0.05) is 0 Å². The van der Waals surface area contributed by atoms with Crippen LogP contribution in [0, 0.1) is 0 Å². The summed E-state index contributed by atoms with van der Waals surface area (Å²) in [7, 11) is -6.59. The van der Waals surface area contributed by atoms with Crippen molar-refractivity contribution in [1.82, 2.24) is 4.31 Å². The van der Waals surface area contributed by atoms with Crippen LogP contribution in [0.1, 0.15) is 25.7 Å². The number of sulfone groups is 1. The third kappa shape index (κ3) is 2.92. The third-order valence-electron chi connectivity index (χ3n) is 3.50. The molecular weight excluding hydrogens is 278 g/mol. The largest absolute Gasteiger partial charge is 0.298 e. The predicted molar refractivity (Wildman–Crippen MR) is 66.4 cm³/mol.